The molecular weight excluding hydrogens is 330 g/mol. The van der Waals surface area contributed by atoms with E-state index in [4.69, 9.17) is 5.11 Å². The molecule has 0 fully saturated rings. The number of nitro groups is 2. The van der Waals surface area contributed by atoms with Gasteiger partial charge in [-0.15, -0.1) is 0 Å². The summed E-state index contributed by atoms with van der Waals surface area (Å²) < 4.78 is -0.0294. The SMILES string of the molecule is C=C(C)C[N+](CC)(CCC)c1c([N+](=O)[O-])cc(C(=O)O)cc1[N+](=O)[O-]. The molecule has 136 valence electrons. The Bertz CT molecular complexity index is 696. The van der Waals surface area contributed by atoms with Gasteiger partial charge in [0.15, 0.2) is 0 Å². The van der Waals surface area contributed by atoms with Gasteiger partial charge in [0.05, 0.1) is 28.5 Å². The second-order valence-corrected chi connectivity index (χ2v) is 5.98. The van der Waals surface area contributed by atoms with E-state index in [1.165, 1.54) is 0 Å². The summed E-state index contributed by atoms with van der Waals surface area (Å²) in [5.41, 5.74) is -0.942. The normalized spacial score (nSPS) is 13.1. The first-order valence-corrected chi connectivity index (χ1v) is 7.80. The van der Waals surface area contributed by atoms with Crippen LogP contribution in [-0.2, 0) is 0 Å². The zero-order valence-corrected chi connectivity index (χ0v) is 14.5. The summed E-state index contributed by atoms with van der Waals surface area (Å²) >= 11 is 0. The minimum absolute atomic E-state index is 0.0294. The van der Waals surface area contributed by atoms with E-state index in [1.807, 2.05) is 6.92 Å². The Morgan fingerprint density at radius 2 is 1.68 bits per heavy atom. The molecule has 0 aliphatic rings. The van der Waals surface area contributed by atoms with Gasteiger partial charge in [-0.2, -0.15) is 0 Å². The van der Waals surface area contributed by atoms with Gasteiger partial charge < -0.3 is 5.11 Å². The van der Waals surface area contributed by atoms with Gasteiger partial charge in [-0.25, -0.2) is 4.79 Å². The molecule has 1 unspecified atom stereocenters. The minimum atomic E-state index is -1.46. The van der Waals surface area contributed by atoms with Crippen LogP contribution >= 0.6 is 0 Å². The van der Waals surface area contributed by atoms with Crippen molar-refractivity contribution >= 4 is 23.0 Å². The van der Waals surface area contributed by atoms with Crippen LogP contribution in [0.4, 0.5) is 17.1 Å². The summed E-state index contributed by atoms with van der Waals surface area (Å²) in [7, 11) is 0. The number of nitrogens with zero attached hydrogens (tertiary/aromatic N) is 3. The van der Waals surface area contributed by atoms with Crippen molar-refractivity contribution in [1.29, 1.82) is 0 Å². The summed E-state index contributed by atoms with van der Waals surface area (Å²) in [6.45, 7) is 10.3. The van der Waals surface area contributed by atoms with Crippen molar-refractivity contribution in [2.75, 3.05) is 19.6 Å². The topological polar surface area (TPSA) is 124 Å². The van der Waals surface area contributed by atoms with Crippen LogP contribution in [0, 0.1) is 20.2 Å². The molecule has 1 rings (SSSR count). The predicted octanol–water partition coefficient (Wildman–Crippen LogP) is 3.51. The highest BCUT2D eigenvalue weighted by atomic mass is 16.6. The predicted molar refractivity (Wildman–Crippen MR) is 93.9 cm³/mol. The molecule has 0 saturated heterocycles. The molecule has 1 aromatic carbocycles. The van der Waals surface area contributed by atoms with Crippen molar-refractivity contribution in [2.45, 2.75) is 27.2 Å². The largest absolute Gasteiger partial charge is 0.478 e. The number of likely N-dealkylation sites (N-methyl/N-ethyl adjacent to an activating group) is 1. The number of carboxylic acid groups (broad SMARTS) is 1. The molecular formula is C16H22N3O6+. The van der Waals surface area contributed by atoms with Gasteiger partial charge in [0.2, 0.25) is 0 Å². The number of hydrogen-bond acceptors (Lipinski definition) is 5. The average Bonchev–Trinajstić information content (AvgIpc) is 2.52. The van der Waals surface area contributed by atoms with Crippen LogP contribution in [0.3, 0.4) is 0 Å². The van der Waals surface area contributed by atoms with Gasteiger partial charge in [0.25, 0.3) is 5.69 Å². The van der Waals surface area contributed by atoms with E-state index in [1.54, 1.807) is 13.8 Å². The molecule has 1 N–H and O–H groups in total. The lowest BCUT2D eigenvalue weighted by atomic mass is 10.1. The zero-order chi connectivity index (χ0) is 19.4. The van der Waals surface area contributed by atoms with Crippen LogP contribution in [0.25, 0.3) is 0 Å². The monoisotopic (exact) mass is 352 g/mol. The van der Waals surface area contributed by atoms with Gasteiger partial charge in [-0.3, -0.25) is 24.7 Å². The fourth-order valence-electron chi connectivity index (χ4n) is 3.13. The van der Waals surface area contributed by atoms with E-state index in [0.29, 0.717) is 26.1 Å². The van der Waals surface area contributed by atoms with Crippen molar-refractivity contribution in [3.8, 4) is 0 Å². The molecule has 9 heteroatoms. The van der Waals surface area contributed by atoms with Crippen molar-refractivity contribution in [2.24, 2.45) is 0 Å². The number of nitro benzene ring substituents is 2. The summed E-state index contributed by atoms with van der Waals surface area (Å²) in [6.07, 6.45) is 0.635. The number of rotatable bonds is 9. The van der Waals surface area contributed by atoms with Crippen LogP contribution < -0.4 is 4.48 Å². The third-order valence-corrected chi connectivity index (χ3v) is 4.01. The first kappa shape index (κ1) is 20.2. The number of benzene rings is 1. The number of hydrogen-bond donors (Lipinski definition) is 1. The van der Waals surface area contributed by atoms with E-state index < -0.39 is 32.8 Å². The standard InChI is InChI=1S/C16H21N3O6/c1-5-7-19(6-2,10-11(3)4)15-13(17(22)23)8-12(16(20)21)9-14(15)18(24)25/h8-9H,3,5-7,10H2,1-2,4H3/p+1. The Hall–Kier alpha value is -2.81. The van der Waals surface area contributed by atoms with E-state index in [9.17, 15) is 25.0 Å². The molecule has 0 bridgehead atoms. The maximum Gasteiger partial charge on any atom is 0.337 e. The van der Waals surface area contributed by atoms with Gasteiger partial charge in [0, 0.05) is 12.1 Å². The van der Waals surface area contributed by atoms with Gasteiger partial charge in [-0.05, 0) is 25.8 Å². The van der Waals surface area contributed by atoms with Crippen LogP contribution in [0.1, 0.15) is 37.6 Å². The average molecular weight is 352 g/mol. The lowest BCUT2D eigenvalue weighted by molar-refractivity contribution is -0.394. The fourth-order valence-corrected chi connectivity index (χ4v) is 3.13. The van der Waals surface area contributed by atoms with Crippen LogP contribution in [0.5, 0.6) is 0 Å². The molecule has 0 heterocycles. The molecule has 0 aromatic heterocycles. The second-order valence-electron chi connectivity index (χ2n) is 5.98. The third-order valence-electron chi connectivity index (χ3n) is 4.01. The Labute approximate surface area is 145 Å². The number of aromatic carboxylic acids is 1. The lowest BCUT2D eigenvalue weighted by Crippen LogP contribution is -2.51. The maximum atomic E-state index is 11.6. The minimum Gasteiger partial charge on any atom is -0.478 e. The Balaban J connectivity index is 3.96. The Morgan fingerprint density at radius 1 is 1.20 bits per heavy atom. The van der Waals surface area contributed by atoms with Gasteiger partial charge in [0.1, 0.15) is 6.54 Å². The van der Waals surface area contributed by atoms with Gasteiger partial charge >= 0.3 is 17.3 Å². The third kappa shape index (κ3) is 4.18. The molecule has 0 radical (unpaired) electrons. The first-order valence-electron chi connectivity index (χ1n) is 7.80. The highest BCUT2D eigenvalue weighted by Gasteiger charge is 2.43. The highest BCUT2D eigenvalue weighted by Crippen LogP contribution is 2.43. The first-order chi connectivity index (χ1) is 11.6. The second kappa shape index (κ2) is 7.84. The molecule has 0 saturated carbocycles. The lowest BCUT2D eigenvalue weighted by Gasteiger charge is -2.36. The van der Waals surface area contributed by atoms with E-state index in [-0.39, 0.29) is 10.2 Å². The number of carbonyl (C=O) groups is 1. The van der Waals surface area contributed by atoms with Crippen LogP contribution in [-0.4, -0.2) is 40.6 Å². The van der Waals surface area contributed by atoms with E-state index in [2.05, 4.69) is 6.58 Å². The Kier molecular flexibility index (Phi) is 6.35. The summed E-state index contributed by atoms with van der Waals surface area (Å²) in [5.74, 6) is -1.46. The molecule has 0 aliphatic heterocycles. The van der Waals surface area contributed by atoms with Crippen molar-refractivity contribution < 1.29 is 19.7 Å². The van der Waals surface area contributed by atoms with E-state index >= 15 is 0 Å². The molecule has 9 nitrogen and oxygen atoms in total. The summed E-state index contributed by atoms with van der Waals surface area (Å²) in [5, 5.41) is 32.3. The number of quaternary nitrogens is 1. The zero-order valence-electron chi connectivity index (χ0n) is 14.5. The molecule has 1 aromatic rings. The molecule has 0 aliphatic carbocycles. The van der Waals surface area contributed by atoms with Crippen LogP contribution in [0.15, 0.2) is 24.3 Å². The smallest absolute Gasteiger partial charge is 0.337 e. The summed E-state index contributed by atoms with van der Waals surface area (Å²) in [4.78, 5) is 32.9. The van der Waals surface area contributed by atoms with Crippen molar-refractivity contribution in [1.82, 2.24) is 4.48 Å². The molecule has 1 atom stereocenters. The van der Waals surface area contributed by atoms with Gasteiger partial charge in [-0.1, -0.05) is 13.5 Å². The molecule has 0 amide bonds. The maximum absolute atomic E-state index is 11.6. The quantitative estimate of drug-likeness (QED) is 0.314. The molecule has 0 spiro atoms. The highest BCUT2D eigenvalue weighted by molar-refractivity contribution is 5.92. The van der Waals surface area contributed by atoms with E-state index in [0.717, 1.165) is 17.7 Å². The van der Waals surface area contributed by atoms with Crippen molar-refractivity contribution in [3.63, 3.8) is 0 Å². The molecule has 25 heavy (non-hydrogen) atoms. The summed E-state index contributed by atoms with van der Waals surface area (Å²) in [6, 6.07) is 1.78. The van der Waals surface area contributed by atoms with Crippen molar-refractivity contribution in [3.05, 3.63) is 50.1 Å². The Morgan fingerprint density at radius 3 is 1.96 bits per heavy atom. The fraction of sp³-hybridized carbons (Fsp3) is 0.438. The van der Waals surface area contributed by atoms with Crippen LogP contribution in [0.2, 0.25) is 0 Å². The number of carboxylic acids is 1.